The van der Waals surface area contributed by atoms with Crippen LogP contribution >= 0.6 is 27.5 Å². The third kappa shape index (κ3) is 3.37. The van der Waals surface area contributed by atoms with E-state index in [1.54, 1.807) is 24.3 Å². The van der Waals surface area contributed by atoms with Crippen LogP contribution in [0.3, 0.4) is 0 Å². The van der Waals surface area contributed by atoms with Gasteiger partial charge in [0.25, 0.3) is 5.91 Å². The highest BCUT2D eigenvalue weighted by molar-refractivity contribution is 9.10. The predicted molar refractivity (Wildman–Crippen MR) is 100 cm³/mol. The van der Waals surface area contributed by atoms with Crippen LogP contribution in [0.15, 0.2) is 53.0 Å². The molecule has 0 aliphatic carbocycles. The van der Waals surface area contributed by atoms with E-state index in [-0.39, 0.29) is 5.91 Å². The minimum atomic E-state index is -0.195. The highest BCUT2D eigenvalue weighted by Gasteiger charge is 2.11. The first-order valence-electron chi connectivity index (χ1n) is 7.35. The van der Waals surface area contributed by atoms with E-state index in [4.69, 9.17) is 11.6 Å². The number of aryl methyl sites for hydroxylation is 1. The Kier molecular flexibility index (Phi) is 4.73. The zero-order valence-electron chi connectivity index (χ0n) is 13.2. The van der Waals surface area contributed by atoms with Gasteiger partial charge in [0.05, 0.1) is 21.5 Å². The normalized spacial score (nSPS) is 10.7. The number of halogens is 2. The number of anilines is 1. The third-order valence-corrected chi connectivity index (χ3v) is 5.04. The SMILES string of the molecule is Cc1nn(-c2ccc(NC(=O)c3cccc(Cl)c3)cc2)c(C)c1Br. The summed E-state index contributed by atoms with van der Waals surface area (Å²) in [4.78, 5) is 12.2. The summed E-state index contributed by atoms with van der Waals surface area (Å²) in [6.45, 7) is 3.95. The first-order valence-corrected chi connectivity index (χ1v) is 8.52. The molecule has 0 bridgehead atoms. The lowest BCUT2D eigenvalue weighted by Crippen LogP contribution is -2.11. The van der Waals surface area contributed by atoms with E-state index in [2.05, 4.69) is 26.3 Å². The zero-order valence-corrected chi connectivity index (χ0v) is 15.5. The molecule has 0 saturated carbocycles. The van der Waals surface area contributed by atoms with Crippen molar-refractivity contribution in [2.24, 2.45) is 0 Å². The fourth-order valence-electron chi connectivity index (χ4n) is 2.39. The van der Waals surface area contributed by atoms with Gasteiger partial charge in [-0.3, -0.25) is 4.79 Å². The molecule has 0 atom stereocenters. The second-order valence-corrected chi connectivity index (χ2v) is 6.64. The van der Waals surface area contributed by atoms with Crippen LogP contribution in [0.5, 0.6) is 0 Å². The number of benzene rings is 2. The number of carbonyl (C=O) groups is 1. The molecule has 122 valence electrons. The van der Waals surface area contributed by atoms with Gasteiger partial charge in [0.2, 0.25) is 0 Å². The largest absolute Gasteiger partial charge is 0.322 e. The molecule has 6 heteroatoms. The maximum absolute atomic E-state index is 12.2. The second kappa shape index (κ2) is 6.79. The molecule has 0 unspecified atom stereocenters. The number of rotatable bonds is 3. The van der Waals surface area contributed by atoms with Crippen molar-refractivity contribution in [3.05, 3.63) is 75.0 Å². The summed E-state index contributed by atoms with van der Waals surface area (Å²) in [5, 5.41) is 7.89. The average molecular weight is 405 g/mol. The van der Waals surface area contributed by atoms with Crippen LogP contribution in [0, 0.1) is 13.8 Å². The maximum Gasteiger partial charge on any atom is 0.255 e. The number of nitrogens with one attached hydrogen (secondary N) is 1. The van der Waals surface area contributed by atoms with E-state index in [1.165, 1.54) is 0 Å². The second-order valence-electron chi connectivity index (χ2n) is 5.41. The number of aromatic nitrogens is 2. The van der Waals surface area contributed by atoms with E-state index in [1.807, 2.05) is 42.8 Å². The summed E-state index contributed by atoms with van der Waals surface area (Å²) < 4.78 is 2.86. The van der Waals surface area contributed by atoms with Gasteiger partial charge < -0.3 is 5.32 Å². The first kappa shape index (κ1) is 16.7. The topological polar surface area (TPSA) is 46.9 Å². The highest BCUT2D eigenvalue weighted by Crippen LogP contribution is 2.23. The van der Waals surface area contributed by atoms with Crippen molar-refractivity contribution in [3.8, 4) is 5.69 Å². The maximum atomic E-state index is 12.2. The van der Waals surface area contributed by atoms with Crippen molar-refractivity contribution in [1.29, 1.82) is 0 Å². The van der Waals surface area contributed by atoms with Crippen molar-refractivity contribution in [2.75, 3.05) is 5.32 Å². The lowest BCUT2D eigenvalue weighted by atomic mass is 10.2. The molecule has 3 rings (SSSR count). The standard InChI is InChI=1S/C18H15BrClN3O/c1-11-17(19)12(2)23(22-11)16-8-6-15(7-9-16)21-18(24)13-4-3-5-14(20)10-13/h3-10H,1-2H3,(H,21,24). The Morgan fingerprint density at radius 3 is 2.46 bits per heavy atom. The highest BCUT2D eigenvalue weighted by atomic mass is 79.9. The van der Waals surface area contributed by atoms with Gasteiger partial charge in [-0.2, -0.15) is 5.10 Å². The van der Waals surface area contributed by atoms with Crippen LogP contribution in [0.1, 0.15) is 21.7 Å². The molecule has 3 aromatic rings. The summed E-state index contributed by atoms with van der Waals surface area (Å²) in [6.07, 6.45) is 0. The fourth-order valence-corrected chi connectivity index (χ4v) is 2.83. The van der Waals surface area contributed by atoms with Gasteiger partial charge in [0.15, 0.2) is 0 Å². The molecule has 1 N–H and O–H groups in total. The molecule has 1 heterocycles. The van der Waals surface area contributed by atoms with Crippen molar-refractivity contribution in [2.45, 2.75) is 13.8 Å². The minimum Gasteiger partial charge on any atom is -0.322 e. The monoisotopic (exact) mass is 403 g/mol. The van der Waals surface area contributed by atoms with Crippen LogP contribution in [0.4, 0.5) is 5.69 Å². The molecular weight excluding hydrogens is 390 g/mol. The number of hydrogen-bond acceptors (Lipinski definition) is 2. The van der Waals surface area contributed by atoms with E-state index >= 15 is 0 Å². The van der Waals surface area contributed by atoms with Gasteiger partial charge in [-0.1, -0.05) is 17.7 Å². The number of nitrogens with zero attached hydrogens (tertiary/aromatic N) is 2. The molecule has 1 aromatic heterocycles. The number of hydrogen-bond donors (Lipinski definition) is 1. The van der Waals surface area contributed by atoms with Gasteiger partial charge in [-0.15, -0.1) is 0 Å². The molecule has 0 saturated heterocycles. The lowest BCUT2D eigenvalue weighted by Gasteiger charge is -2.08. The Morgan fingerprint density at radius 1 is 1.17 bits per heavy atom. The molecule has 0 fully saturated rings. The minimum absolute atomic E-state index is 0.195. The summed E-state index contributed by atoms with van der Waals surface area (Å²) in [6, 6.07) is 14.4. The molecule has 0 radical (unpaired) electrons. The fraction of sp³-hybridized carbons (Fsp3) is 0.111. The zero-order chi connectivity index (χ0) is 17.3. The molecule has 0 aliphatic rings. The summed E-state index contributed by atoms with van der Waals surface area (Å²) >= 11 is 9.44. The van der Waals surface area contributed by atoms with Crippen molar-refractivity contribution >= 4 is 39.1 Å². The molecule has 1 amide bonds. The van der Waals surface area contributed by atoms with E-state index in [9.17, 15) is 4.79 Å². The third-order valence-electron chi connectivity index (χ3n) is 3.66. The summed E-state index contributed by atoms with van der Waals surface area (Å²) in [7, 11) is 0. The van der Waals surface area contributed by atoms with Crippen LogP contribution in [-0.4, -0.2) is 15.7 Å². The summed E-state index contributed by atoms with van der Waals surface area (Å²) in [5.41, 5.74) is 4.13. The Bertz CT molecular complexity index is 903. The molecular formula is C18H15BrClN3O. The summed E-state index contributed by atoms with van der Waals surface area (Å²) in [5.74, 6) is -0.195. The van der Waals surface area contributed by atoms with Gasteiger partial charge in [0, 0.05) is 16.3 Å². The van der Waals surface area contributed by atoms with Gasteiger partial charge in [-0.25, -0.2) is 4.68 Å². The molecule has 0 spiro atoms. The van der Waals surface area contributed by atoms with E-state index < -0.39 is 0 Å². The Hall–Kier alpha value is -2.11. The Morgan fingerprint density at radius 2 is 1.88 bits per heavy atom. The van der Waals surface area contributed by atoms with Gasteiger partial charge >= 0.3 is 0 Å². The van der Waals surface area contributed by atoms with Crippen molar-refractivity contribution in [1.82, 2.24) is 9.78 Å². The van der Waals surface area contributed by atoms with Crippen LogP contribution in [0.2, 0.25) is 5.02 Å². The van der Waals surface area contributed by atoms with Crippen LogP contribution in [0.25, 0.3) is 5.69 Å². The van der Waals surface area contributed by atoms with Crippen LogP contribution < -0.4 is 5.32 Å². The predicted octanol–water partition coefficient (Wildman–Crippen LogP) is 5.16. The molecule has 24 heavy (non-hydrogen) atoms. The quantitative estimate of drug-likeness (QED) is 0.655. The average Bonchev–Trinajstić information content (AvgIpc) is 2.83. The smallest absolute Gasteiger partial charge is 0.255 e. The Labute approximate surface area is 153 Å². The molecule has 2 aromatic carbocycles. The Balaban J connectivity index is 1.80. The van der Waals surface area contributed by atoms with Gasteiger partial charge in [-0.05, 0) is 72.2 Å². The molecule has 4 nitrogen and oxygen atoms in total. The first-order chi connectivity index (χ1) is 11.5. The van der Waals surface area contributed by atoms with Gasteiger partial charge in [0.1, 0.15) is 0 Å². The van der Waals surface area contributed by atoms with E-state index in [0.717, 1.165) is 21.5 Å². The van der Waals surface area contributed by atoms with Crippen molar-refractivity contribution in [3.63, 3.8) is 0 Å². The van der Waals surface area contributed by atoms with Crippen molar-refractivity contribution < 1.29 is 4.79 Å². The van der Waals surface area contributed by atoms with Crippen LogP contribution in [-0.2, 0) is 0 Å². The lowest BCUT2D eigenvalue weighted by molar-refractivity contribution is 0.102. The van der Waals surface area contributed by atoms with E-state index in [0.29, 0.717) is 16.3 Å². The number of carbonyl (C=O) groups excluding carboxylic acids is 1. The molecule has 0 aliphatic heterocycles. The number of amides is 1.